The Hall–Kier alpha value is -2.25. The van der Waals surface area contributed by atoms with E-state index >= 15 is 0 Å². The van der Waals surface area contributed by atoms with Crippen molar-refractivity contribution in [1.29, 1.82) is 0 Å². The minimum atomic E-state index is -1.13. The SMILES string of the molecule is Cc1nsc(NC(=O)[C@H](N)c2ccccc2)c1C(=O)O. The van der Waals surface area contributed by atoms with Gasteiger partial charge in [-0.05, 0) is 24.0 Å². The van der Waals surface area contributed by atoms with Gasteiger partial charge in [0.1, 0.15) is 16.6 Å². The van der Waals surface area contributed by atoms with Crippen molar-refractivity contribution in [2.24, 2.45) is 5.73 Å². The Labute approximate surface area is 119 Å². The number of hydrogen-bond donors (Lipinski definition) is 3. The van der Waals surface area contributed by atoms with Gasteiger partial charge in [-0.2, -0.15) is 4.37 Å². The van der Waals surface area contributed by atoms with Gasteiger partial charge < -0.3 is 16.2 Å². The number of amides is 1. The van der Waals surface area contributed by atoms with Crippen LogP contribution in [0.15, 0.2) is 30.3 Å². The summed E-state index contributed by atoms with van der Waals surface area (Å²) in [4.78, 5) is 23.2. The van der Waals surface area contributed by atoms with Crippen LogP contribution in [0.2, 0.25) is 0 Å². The summed E-state index contributed by atoms with van der Waals surface area (Å²) in [5.74, 6) is -1.60. The molecule has 0 spiro atoms. The zero-order valence-corrected chi connectivity index (χ0v) is 11.5. The molecule has 1 heterocycles. The van der Waals surface area contributed by atoms with Gasteiger partial charge >= 0.3 is 5.97 Å². The first-order chi connectivity index (χ1) is 9.50. The number of aromatic nitrogens is 1. The molecule has 0 unspecified atom stereocenters. The minimum Gasteiger partial charge on any atom is -0.478 e. The highest BCUT2D eigenvalue weighted by Gasteiger charge is 2.22. The van der Waals surface area contributed by atoms with Crippen molar-refractivity contribution < 1.29 is 14.7 Å². The predicted octanol–water partition coefficient (Wildman–Crippen LogP) is 1.79. The van der Waals surface area contributed by atoms with E-state index in [1.807, 2.05) is 6.07 Å². The van der Waals surface area contributed by atoms with Crippen LogP contribution >= 0.6 is 11.5 Å². The zero-order valence-electron chi connectivity index (χ0n) is 10.7. The molecule has 0 fully saturated rings. The molecule has 20 heavy (non-hydrogen) atoms. The molecule has 0 radical (unpaired) electrons. The highest BCUT2D eigenvalue weighted by Crippen LogP contribution is 2.25. The zero-order chi connectivity index (χ0) is 14.7. The van der Waals surface area contributed by atoms with Gasteiger partial charge in [0.25, 0.3) is 0 Å². The number of aromatic carboxylic acids is 1. The van der Waals surface area contributed by atoms with Crippen LogP contribution < -0.4 is 11.1 Å². The average Bonchev–Trinajstić information content (AvgIpc) is 2.79. The molecule has 0 aliphatic carbocycles. The number of anilines is 1. The second-order valence-corrected chi connectivity index (χ2v) is 4.93. The maximum absolute atomic E-state index is 12.0. The summed E-state index contributed by atoms with van der Waals surface area (Å²) in [6, 6.07) is 7.99. The second-order valence-electron chi connectivity index (χ2n) is 4.15. The van der Waals surface area contributed by atoms with E-state index in [0.29, 0.717) is 11.3 Å². The molecule has 1 aromatic carbocycles. The third-order valence-electron chi connectivity index (χ3n) is 2.75. The third kappa shape index (κ3) is 2.84. The number of nitrogens with one attached hydrogen (secondary N) is 1. The van der Waals surface area contributed by atoms with Crippen molar-refractivity contribution in [2.45, 2.75) is 13.0 Å². The Morgan fingerprint density at radius 3 is 2.60 bits per heavy atom. The molecule has 6 nitrogen and oxygen atoms in total. The van der Waals surface area contributed by atoms with Gasteiger partial charge in [0.2, 0.25) is 5.91 Å². The molecule has 1 atom stereocenters. The number of nitrogens with zero attached hydrogens (tertiary/aromatic N) is 1. The maximum atomic E-state index is 12.0. The van der Waals surface area contributed by atoms with E-state index in [4.69, 9.17) is 10.8 Å². The van der Waals surface area contributed by atoms with E-state index in [1.54, 1.807) is 31.2 Å². The van der Waals surface area contributed by atoms with E-state index in [0.717, 1.165) is 11.5 Å². The second kappa shape index (κ2) is 5.81. The number of nitrogens with two attached hydrogens (primary N) is 1. The molecule has 0 aliphatic heterocycles. The number of hydrogen-bond acceptors (Lipinski definition) is 5. The molecule has 4 N–H and O–H groups in total. The molecule has 0 saturated heterocycles. The number of benzene rings is 1. The summed E-state index contributed by atoms with van der Waals surface area (Å²) in [6.45, 7) is 1.58. The summed E-state index contributed by atoms with van der Waals surface area (Å²) in [7, 11) is 0. The van der Waals surface area contributed by atoms with Crippen LogP contribution in [0.5, 0.6) is 0 Å². The lowest BCUT2D eigenvalue weighted by molar-refractivity contribution is -0.117. The lowest BCUT2D eigenvalue weighted by Gasteiger charge is -2.11. The Morgan fingerprint density at radius 1 is 1.35 bits per heavy atom. The van der Waals surface area contributed by atoms with Gasteiger partial charge in [0.05, 0.1) is 5.69 Å². The number of carbonyl (C=O) groups excluding carboxylic acids is 1. The molecule has 2 rings (SSSR count). The Bertz CT molecular complexity index is 640. The highest BCUT2D eigenvalue weighted by atomic mass is 32.1. The number of aryl methyl sites for hydroxylation is 1. The van der Waals surface area contributed by atoms with Crippen molar-refractivity contribution in [3.05, 3.63) is 47.2 Å². The number of rotatable bonds is 4. The summed E-state index contributed by atoms with van der Waals surface area (Å²) >= 11 is 0.927. The molecule has 104 valence electrons. The lowest BCUT2D eigenvalue weighted by atomic mass is 10.1. The summed E-state index contributed by atoms with van der Waals surface area (Å²) < 4.78 is 3.93. The van der Waals surface area contributed by atoms with Gasteiger partial charge in [-0.15, -0.1) is 0 Å². The van der Waals surface area contributed by atoms with Crippen molar-refractivity contribution in [2.75, 3.05) is 5.32 Å². The first-order valence-corrected chi connectivity index (χ1v) is 6.59. The van der Waals surface area contributed by atoms with Gasteiger partial charge in [0, 0.05) is 0 Å². The van der Waals surface area contributed by atoms with Crippen molar-refractivity contribution >= 4 is 28.4 Å². The largest absolute Gasteiger partial charge is 0.478 e. The molecule has 0 saturated carbocycles. The molecule has 0 bridgehead atoms. The van der Waals surface area contributed by atoms with Crippen molar-refractivity contribution in [3.8, 4) is 0 Å². The molecule has 2 aromatic rings. The van der Waals surface area contributed by atoms with Gasteiger partial charge in [-0.1, -0.05) is 30.3 Å². The van der Waals surface area contributed by atoms with Crippen molar-refractivity contribution in [3.63, 3.8) is 0 Å². The van der Waals surface area contributed by atoms with E-state index in [-0.39, 0.29) is 10.6 Å². The van der Waals surface area contributed by atoms with Crippen LogP contribution in [0, 0.1) is 6.92 Å². The predicted molar refractivity (Wildman–Crippen MR) is 75.8 cm³/mol. The van der Waals surface area contributed by atoms with Crippen LogP contribution in [0.25, 0.3) is 0 Å². The van der Waals surface area contributed by atoms with Crippen molar-refractivity contribution in [1.82, 2.24) is 4.37 Å². The first-order valence-electron chi connectivity index (χ1n) is 5.81. The summed E-state index contributed by atoms with van der Waals surface area (Å²) in [6.07, 6.45) is 0. The lowest BCUT2D eigenvalue weighted by Crippen LogP contribution is -2.27. The van der Waals surface area contributed by atoms with Crippen LogP contribution in [-0.4, -0.2) is 21.4 Å². The van der Waals surface area contributed by atoms with E-state index in [2.05, 4.69) is 9.69 Å². The van der Waals surface area contributed by atoms with E-state index in [1.165, 1.54) is 0 Å². The number of carboxylic acid groups (broad SMARTS) is 1. The molecule has 0 aliphatic rings. The molecule has 7 heteroatoms. The fourth-order valence-electron chi connectivity index (χ4n) is 1.71. The fourth-order valence-corrected chi connectivity index (χ4v) is 2.50. The monoisotopic (exact) mass is 291 g/mol. The highest BCUT2D eigenvalue weighted by molar-refractivity contribution is 7.11. The summed E-state index contributed by atoms with van der Waals surface area (Å²) in [5, 5.41) is 11.8. The molecule has 1 aromatic heterocycles. The number of carbonyl (C=O) groups is 2. The molecule has 1 amide bonds. The standard InChI is InChI=1S/C13H13N3O3S/c1-7-9(13(18)19)12(20-16-7)15-11(17)10(14)8-5-3-2-4-6-8/h2-6,10H,14H2,1H3,(H,15,17)(H,18,19)/t10-/m1/s1. The Morgan fingerprint density at radius 2 is 2.00 bits per heavy atom. The molecular weight excluding hydrogens is 278 g/mol. The molecular formula is C13H13N3O3S. The average molecular weight is 291 g/mol. The van der Waals surface area contributed by atoms with E-state index < -0.39 is 17.9 Å². The third-order valence-corrected chi connectivity index (χ3v) is 3.61. The number of carboxylic acids is 1. The fraction of sp³-hybridized carbons (Fsp3) is 0.154. The minimum absolute atomic E-state index is 0.00334. The quantitative estimate of drug-likeness (QED) is 0.796. The van der Waals surface area contributed by atoms with E-state index in [9.17, 15) is 9.59 Å². The first kappa shape index (κ1) is 14.2. The van der Waals surface area contributed by atoms with Gasteiger partial charge in [-0.25, -0.2) is 4.79 Å². The Balaban J connectivity index is 2.18. The Kier molecular flexibility index (Phi) is 4.11. The topological polar surface area (TPSA) is 105 Å². The van der Waals surface area contributed by atoms with Crippen LogP contribution in [0.3, 0.4) is 0 Å². The van der Waals surface area contributed by atoms with Crippen LogP contribution in [0.1, 0.15) is 27.7 Å². The van der Waals surface area contributed by atoms with Crippen LogP contribution in [0.4, 0.5) is 5.00 Å². The summed E-state index contributed by atoms with van der Waals surface area (Å²) in [5.41, 5.74) is 6.87. The normalized spacial score (nSPS) is 11.9. The van der Waals surface area contributed by atoms with Gasteiger partial charge in [0.15, 0.2) is 0 Å². The maximum Gasteiger partial charge on any atom is 0.340 e. The van der Waals surface area contributed by atoms with Gasteiger partial charge in [-0.3, -0.25) is 4.79 Å². The smallest absolute Gasteiger partial charge is 0.340 e. The van der Waals surface area contributed by atoms with Crippen LogP contribution in [-0.2, 0) is 4.79 Å².